The molecule has 3 rings (SSSR count). The molecule has 0 radical (unpaired) electrons. The number of hydrogen-bond acceptors (Lipinski definition) is 5. The Labute approximate surface area is 192 Å². The number of nitrogens with zero attached hydrogens (tertiary/aromatic N) is 2. The molecule has 33 heavy (non-hydrogen) atoms. The van der Waals surface area contributed by atoms with Crippen LogP contribution in [0, 0.1) is 5.82 Å². The second kappa shape index (κ2) is 10.6. The molecule has 0 bridgehead atoms. The van der Waals surface area contributed by atoms with E-state index in [0.717, 1.165) is 36.9 Å². The number of unbranched alkanes of at least 4 members (excludes halogenated alkanes) is 2. The Morgan fingerprint density at radius 2 is 1.94 bits per heavy atom. The summed E-state index contributed by atoms with van der Waals surface area (Å²) in [5.41, 5.74) is 2.53. The number of nitrogens with one attached hydrogen (secondary N) is 1. The molecule has 0 unspecified atom stereocenters. The van der Waals surface area contributed by atoms with Crippen molar-refractivity contribution >= 4 is 15.9 Å². The van der Waals surface area contributed by atoms with Gasteiger partial charge in [0, 0.05) is 24.8 Å². The lowest BCUT2D eigenvalue weighted by Crippen LogP contribution is -2.28. The van der Waals surface area contributed by atoms with Gasteiger partial charge in [0.25, 0.3) is 5.91 Å². The highest BCUT2D eigenvalue weighted by Crippen LogP contribution is 2.24. The molecular formula is C23H27FN4O4S. The van der Waals surface area contributed by atoms with Crippen LogP contribution in [0.1, 0.15) is 35.3 Å². The second-order valence-electron chi connectivity index (χ2n) is 7.73. The van der Waals surface area contributed by atoms with Crippen molar-refractivity contribution in [1.82, 2.24) is 15.1 Å². The van der Waals surface area contributed by atoms with E-state index in [0.29, 0.717) is 12.2 Å². The molecule has 1 aromatic heterocycles. The normalized spacial score (nSPS) is 11.4. The zero-order valence-electron chi connectivity index (χ0n) is 18.5. The molecule has 0 atom stereocenters. The SMILES string of the molecule is COc1ccc(S(N)(=O)=O)cc1C(=O)N(C)CCCCCc1cc(-c2cccc(F)c2)n[nH]1. The third-order valence-corrected chi connectivity index (χ3v) is 6.18. The fraction of sp³-hybridized carbons (Fsp3) is 0.304. The Kier molecular flexibility index (Phi) is 7.83. The number of nitrogens with two attached hydrogens (primary N) is 1. The first-order valence-corrected chi connectivity index (χ1v) is 12.0. The number of benzene rings is 2. The summed E-state index contributed by atoms with van der Waals surface area (Å²) in [4.78, 5) is 14.2. The minimum absolute atomic E-state index is 0.141. The fourth-order valence-corrected chi connectivity index (χ4v) is 4.00. The van der Waals surface area contributed by atoms with Crippen molar-refractivity contribution in [2.24, 2.45) is 5.14 Å². The van der Waals surface area contributed by atoms with Crippen LogP contribution in [0.2, 0.25) is 0 Å². The number of carbonyl (C=O) groups excluding carboxylic acids is 1. The molecule has 1 amide bonds. The van der Waals surface area contributed by atoms with Crippen molar-refractivity contribution in [3.8, 4) is 17.0 Å². The van der Waals surface area contributed by atoms with Crippen molar-refractivity contribution in [2.45, 2.75) is 30.6 Å². The number of aromatic amines is 1. The molecule has 176 valence electrons. The topological polar surface area (TPSA) is 118 Å². The largest absolute Gasteiger partial charge is 0.496 e. The standard InChI is InChI=1S/C23H27FN4O4S/c1-28(23(29)20-15-19(33(25,30)31)10-11-22(20)32-2)12-5-3-4-9-18-14-21(27-26-18)16-7-6-8-17(24)13-16/h6-8,10-11,13-15H,3-5,9,12H2,1-2H3,(H,26,27)(H2,25,30,31). The molecular weight excluding hydrogens is 447 g/mol. The number of carbonyl (C=O) groups is 1. The molecule has 0 aliphatic rings. The molecule has 0 spiro atoms. The molecule has 0 saturated carbocycles. The summed E-state index contributed by atoms with van der Waals surface area (Å²) in [6.45, 7) is 0.499. The summed E-state index contributed by atoms with van der Waals surface area (Å²) in [6.07, 6.45) is 3.31. The molecule has 0 aliphatic heterocycles. The van der Waals surface area contributed by atoms with Crippen molar-refractivity contribution < 1.29 is 22.3 Å². The summed E-state index contributed by atoms with van der Waals surface area (Å²) in [7, 11) is -0.859. The Bertz CT molecular complexity index is 1230. The second-order valence-corrected chi connectivity index (χ2v) is 9.29. The van der Waals surface area contributed by atoms with E-state index in [4.69, 9.17) is 9.88 Å². The van der Waals surface area contributed by atoms with E-state index in [1.54, 1.807) is 13.1 Å². The molecule has 0 aliphatic carbocycles. The number of sulfonamides is 1. The number of aromatic nitrogens is 2. The van der Waals surface area contributed by atoms with Gasteiger partial charge in [0.05, 0.1) is 23.3 Å². The molecule has 3 aromatic rings. The predicted molar refractivity (Wildman–Crippen MR) is 123 cm³/mol. The summed E-state index contributed by atoms with van der Waals surface area (Å²) in [5, 5.41) is 12.4. The highest BCUT2D eigenvalue weighted by molar-refractivity contribution is 7.89. The van der Waals surface area contributed by atoms with Gasteiger partial charge < -0.3 is 9.64 Å². The maximum Gasteiger partial charge on any atom is 0.257 e. The van der Waals surface area contributed by atoms with Gasteiger partial charge >= 0.3 is 0 Å². The van der Waals surface area contributed by atoms with Gasteiger partial charge in [-0.25, -0.2) is 17.9 Å². The van der Waals surface area contributed by atoms with Crippen molar-refractivity contribution in [3.05, 3.63) is 65.6 Å². The van der Waals surface area contributed by atoms with Gasteiger partial charge in [-0.1, -0.05) is 18.6 Å². The van der Waals surface area contributed by atoms with Crippen LogP contribution in [0.3, 0.4) is 0 Å². The van der Waals surface area contributed by atoms with Crippen LogP contribution < -0.4 is 9.88 Å². The molecule has 0 fully saturated rings. The third-order valence-electron chi connectivity index (χ3n) is 5.27. The van der Waals surface area contributed by atoms with E-state index in [1.165, 1.54) is 42.3 Å². The molecule has 0 saturated heterocycles. The number of methoxy groups -OCH3 is 1. The summed E-state index contributed by atoms with van der Waals surface area (Å²) in [6, 6.07) is 12.2. The monoisotopic (exact) mass is 474 g/mol. The van der Waals surface area contributed by atoms with Gasteiger partial charge in [-0.2, -0.15) is 5.10 Å². The lowest BCUT2D eigenvalue weighted by atomic mass is 10.1. The number of amides is 1. The zero-order chi connectivity index (χ0) is 24.0. The fourth-order valence-electron chi connectivity index (χ4n) is 3.46. The highest BCUT2D eigenvalue weighted by Gasteiger charge is 2.20. The number of ether oxygens (including phenoxy) is 1. The van der Waals surface area contributed by atoms with Crippen molar-refractivity contribution in [1.29, 1.82) is 0 Å². The zero-order valence-corrected chi connectivity index (χ0v) is 19.4. The number of hydrogen-bond donors (Lipinski definition) is 2. The smallest absolute Gasteiger partial charge is 0.257 e. The lowest BCUT2D eigenvalue weighted by Gasteiger charge is -2.19. The average molecular weight is 475 g/mol. The third kappa shape index (κ3) is 6.39. The minimum atomic E-state index is -3.93. The predicted octanol–water partition coefficient (Wildman–Crippen LogP) is 3.36. The Balaban J connectivity index is 1.50. The molecule has 2 aromatic carbocycles. The van der Waals surface area contributed by atoms with E-state index in [-0.39, 0.29) is 27.9 Å². The Hall–Kier alpha value is -3.24. The van der Waals surface area contributed by atoms with Gasteiger partial charge in [-0.3, -0.25) is 9.89 Å². The maximum absolute atomic E-state index is 13.4. The van der Waals surface area contributed by atoms with E-state index in [1.807, 2.05) is 12.1 Å². The van der Waals surface area contributed by atoms with Gasteiger partial charge in [-0.05, 0) is 55.7 Å². The molecule has 3 N–H and O–H groups in total. The maximum atomic E-state index is 13.4. The van der Waals surface area contributed by atoms with Crippen LogP contribution in [-0.4, -0.2) is 50.1 Å². The first-order chi connectivity index (χ1) is 15.7. The Morgan fingerprint density at radius 3 is 2.64 bits per heavy atom. The summed E-state index contributed by atoms with van der Waals surface area (Å²) < 4.78 is 41.8. The molecule has 10 heteroatoms. The van der Waals surface area contributed by atoms with Crippen LogP contribution in [-0.2, 0) is 16.4 Å². The highest BCUT2D eigenvalue weighted by atomic mass is 32.2. The molecule has 1 heterocycles. The Morgan fingerprint density at radius 1 is 1.15 bits per heavy atom. The number of aryl methyl sites for hydroxylation is 1. The van der Waals surface area contributed by atoms with Gasteiger partial charge in [0.2, 0.25) is 10.0 Å². The van der Waals surface area contributed by atoms with Crippen LogP contribution in [0.5, 0.6) is 5.75 Å². The quantitative estimate of drug-likeness (QED) is 0.437. The number of primary sulfonamides is 1. The first-order valence-electron chi connectivity index (χ1n) is 10.5. The van der Waals surface area contributed by atoms with Gasteiger partial charge in [0.15, 0.2) is 0 Å². The average Bonchev–Trinajstić information content (AvgIpc) is 3.26. The van der Waals surface area contributed by atoms with E-state index in [2.05, 4.69) is 10.2 Å². The van der Waals surface area contributed by atoms with Crippen molar-refractivity contribution in [3.63, 3.8) is 0 Å². The van der Waals surface area contributed by atoms with Crippen LogP contribution >= 0.6 is 0 Å². The lowest BCUT2D eigenvalue weighted by molar-refractivity contribution is 0.0789. The number of halogens is 1. The van der Waals surface area contributed by atoms with Crippen LogP contribution in [0.25, 0.3) is 11.3 Å². The van der Waals surface area contributed by atoms with E-state index >= 15 is 0 Å². The van der Waals surface area contributed by atoms with Gasteiger partial charge in [-0.15, -0.1) is 0 Å². The van der Waals surface area contributed by atoms with Crippen LogP contribution in [0.4, 0.5) is 4.39 Å². The van der Waals surface area contributed by atoms with Crippen molar-refractivity contribution in [2.75, 3.05) is 20.7 Å². The van der Waals surface area contributed by atoms with Gasteiger partial charge in [0.1, 0.15) is 11.6 Å². The van der Waals surface area contributed by atoms with E-state index < -0.39 is 10.0 Å². The number of H-pyrrole nitrogens is 1. The summed E-state index contributed by atoms with van der Waals surface area (Å²) >= 11 is 0. The minimum Gasteiger partial charge on any atom is -0.496 e. The summed E-state index contributed by atoms with van der Waals surface area (Å²) in [5.74, 6) is -0.358. The number of rotatable bonds is 10. The first kappa shape index (κ1) is 24.4. The van der Waals surface area contributed by atoms with Crippen LogP contribution in [0.15, 0.2) is 53.4 Å². The van der Waals surface area contributed by atoms with E-state index in [9.17, 15) is 17.6 Å². The molecule has 8 nitrogen and oxygen atoms in total.